The molecular formula is C24H20FN3O5S. The molecule has 1 N–H and O–H groups in total. The van der Waals surface area contributed by atoms with E-state index in [9.17, 15) is 23.6 Å². The number of anilines is 1. The fraction of sp³-hybridized carbons (Fsp3) is 0.167. The molecular weight excluding hydrogens is 461 g/mol. The van der Waals surface area contributed by atoms with Gasteiger partial charge in [0.15, 0.2) is 0 Å². The second-order valence-corrected chi connectivity index (χ2v) is 8.34. The summed E-state index contributed by atoms with van der Waals surface area (Å²) in [7, 11) is 0. The highest BCUT2D eigenvalue weighted by molar-refractivity contribution is 7.17. The number of esters is 1. The van der Waals surface area contributed by atoms with Gasteiger partial charge in [0, 0.05) is 5.69 Å². The lowest BCUT2D eigenvalue weighted by atomic mass is 10.2. The summed E-state index contributed by atoms with van der Waals surface area (Å²) in [6.07, 6.45) is 0. The maximum atomic E-state index is 13.7. The van der Waals surface area contributed by atoms with Crippen LogP contribution in [-0.4, -0.2) is 27.6 Å². The van der Waals surface area contributed by atoms with Gasteiger partial charge in [0.1, 0.15) is 17.1 Å². The average Bonchev–Trinajstić information content (AvgIpc) is 3.30. The quantitative estimate of drug-likeness (QED) is 0.425. The van der Waals surface area contributed by atoms with Gasteiger partial charge < -0.3 is 10.1 Å². The number of nitrogens with one attached hydrogen (secondary N) is 1. The van der Waals surface area contributed by atoms with Crippen LogP contribution in [0.25, 0.3) is 15.9 Å². The van der Waals surface area contributed by atoms with Crippen molar-refractivity contribution >= 4 is 39.1 Å². The van der Waals surface area contributed by atoms with Gasteiger partial charge >= 0.3 is 11.7 Å². The van der Waals surface area contributed by atoms with E-state index in [2.05, 4.69) is 5.32 Å². The predicted octanol–water partition coefficient (Wildman–Crippen LogP) is 3.48. The zero-order chi connectivity index (χ0) is 24.4. The van der Waals surface area contributed by atoms with E-state index < -0.39 is 28.9 Å². The average molecular weight is 482 g/mol. The van der Waals surface area contributed by atoms with Crippen molar-refractivity contribution in [3.63, 3.8) is 0 Å². The number of nitrogens with zero attached hydrogens (tertiary/aromatic N) is 2. The molecule has 174 valence electrons. The monoisotopic (exact) mass is 481 g/mol. The van der Waals surface area contributed by atoms with Crippen molar-refractivity contribution in [1.82, 2.24) is 9.13 Å². The number of hydrogen-bond donors (Lipinski definition) is 1. The van der Waals surface area contributed by atoms with Crippen LogP contribution in [0.1, 0.15) is 22.8 Å². The summed E-state index contributed by atoms with van der Waals surface area (Å²) in [6.45, 7) is 3.14. The Morgan fingerprint density at radius 3 is 2.50 bits per heavy atom. The van der Waals surface area contributed by atoms with Crippen LogP contribution in [0.3, 0.4) is 0 Å². The molecule has 2 aromatic carbocycles. The number of halogens is 1. The number of rotatable bonds is 6. The van der Waals surface area contributed by atoms with Crippen molar-refractivity contribution in [2.24, 2.45) is 0 Å². The van der Waals surface area contributed by atoms with Crippen molar-refractivity contribution in [2.75, 3.05) is 11.9 Å². The molecule has 0 bridgehead atoms. The minimum atomic E-state index is -0.713. The Morgan fingerprint density at radius 1 is 1.09 bits per heavy atom. The molecule has 0 atom stereocenters. The molecule has 4 aromatic rings. The molecule has 2 aromatic heterocycles. The lowest BCUT2D eigenvalue weighted by molar-refractivity contribution is -0.116. The third-order valence-electron chi connectivity index (χ3n) is 5.14. The van der Waals surface area contributed by atoms with Gasteiger partial charge in [0.25, 0.3) is 5.56 Å². The number of ether oxygens (including phenoxy) is 1. The van der Waals surface area contributed by atoms with Gasteiger partial charge in [-0.3, -0.25) is 14.2 Å². The minimum Gasteiger partial charge on any atom is -0.462 e. The fourth-order valence-electron chi connectivity index (χ4n) is 3.48. The highest BCUT2D eigenvalue weighted by Gasteiger charge is 2.18. The van der Waals surface area contributed by atoms with Crippen LogP contribution in [0.2, 0.25) is 0 Å². The van der Waals surface area contributed by atoms with E-state index in [-0.39, 0.29) is 24.4 Å². The van der Waals surface area contributed by atoms with E-state index in [1.807, 2.05) is 0 Å². The fourth-order valence-corrected chi connectivity index (χ4v) is 4.31. The molecule has 4 rings (SSSR count). The first-order valence-corrected chi connectivity index (χ1v) is 11.2. The Morgan fingerprint density at radius 2 is 1.82 bits per heavy atom. The second kappa shape index (κ2) is 9.44. The highest BCUT2D eigenvalue weighted by atomic mass is 32.1. The number of fused-ring (bicyclic) bond motifs is 1. The summed E-state index contributed by atoms with van der Waals surface area (Å²) in [5.41, 5.74) is 0.358. The molecule has 0 fully saturated rings. The van der Waals surface area contributed by atoms with Gasteiger partial charge in [-0.2, -0.15) is 0 Å². The summed E-state index contributed by atoms with van der Waals surface area (Å²) in [4.78, 5) is 50.8. The van der Waals surface area contributed by atoms with Gasteiger partial charge in [-0.25, -0.2) is 18.5 Å². The molecule has 2 heterocycles. The van der Waals surface area contributed by atoms with Crippen molar-refractivity contribution in [3.8, 4) is 5.69 Å². The maximum absolute atomic E-state index is 13.7. The van der Waals surface area contributed by atoms with Crippen LogP contribution in [0.5, 0.6) is 0 Å². The first-order valence-electron chi connectivity index (χ1n) is 10.4. The molecule has 0 aliphatic heterocycles. The van der Waals surface area contributed by atoms with E-state index in [4.69, 9.17) is 4.74 Å². The predicted molar refractivity (Wildman–Crippen MR) is 127 cm³/mol. The van der Waals surface area contributed by atoms with Crippen LogP contribution in [0.4, 0.5) is 10.1 Å². The van der Waals surface area contributed by atoms with Gasteiger partial charge in [-0.05, 0) is 73.3 Å². The normalized spacial score (nSPS) is 10.9. The Kier molecular flexibility index (Phi) is 6.42. The highest BCUT2D eigenvalue weighted by Crippen LogP contribution is 2.18. The topological polar surface area (TPSA) is 99.4 Å². The first-order chi connectivity index (χ1) is 16.3. The van der Waals surface area contributed by atoms with Gasteiger partial charge in [-0.1, -0.05) is 0 Å². The van der Waals surface area contributed by atoms with Crippen LogP contribution >= 0.6 is 11.3 Å². The standard InChI is InChI=1S/C24H20FN3O5S/c1-3-33-23(31)15-4-6-16(7-5-15)26-20(29)13-27-19-10-11-34-21(19)22(30)28(24(27)32)17-8-9-18(25)14(2)12-17/h4-12H,3,13H2,1-2H3,(H,26,29). The molecule has 0 saturated carbocycles. The smallest absolute Gasteiger partial charge is 0.338 e. The second-order valence-electron chi connectivity index (χ2n) is 7.42. The van der Waals surface area contributed by atoms with Crippen molar-refractivity contribution in [1.29, 1.82) is 0 Å². The lowest BCUT2D eigenvalue weighted by Crippen LogP contribution is -2.40. The molecule has 8 nitrogen and oxygen atoms in total. The molecule has 10 heteroatoms. The molecule has 0 unspecified atom stereocenters. The van der Waals surface area contributed by atoms with Gasteiger partial charge in [0.05, 0.1) is 23.4 Å². The van der Waals surface area contributed by atoms with Gasteiger partial charge in [0.2, 0.25) is 5.91 Å². The van der Waals surface area contributed by atoms with Crippen molar-refractivity contribution < 1.29 is 18.7 Å². The van der Waals surface area contributed by atoms with E-state index >= 15 is 0 Å². The number of hydrogen-bond acceptors (Lipinski definition) is 6. The summed E-state index contributed by atoms with van der Waals surface area (Å²) in [5, 5.41) is 4.34. The summed E-state index contributed by atoms with van der Waals surface area (Å²) in [6, 6.07) is 11.7. The summed E-state index contributed by atoms with van der Waals surface area (Å²) in [5.74, 6) is -1.42. The lowest BCUT2D eigenvalue weighted by Gasteiger charge is -2.13. The van der Waals surface area contributed by atoms with Crippen LogP contribution < -0.4 is 16.6 Å². The molecule has 34 heavy (non-hydrogen) atoms. The number of thiophene rings is 1. The number of amides is 1. The third kappa shape index (κ3) is 4.40. The maximum Gasteiger partial charge on any atom is 0.338 e. The zero-order valence-corrected chi connectivity index (χ0v) is 19.1. The minimum absolute atomic E-state index is 0.216. The molecule has 0 aliphatic rings. The van der Waals surface area contributed by atoms with E-state index in [0.29, 0.717) is 21.5 Å². The van der Waals surface area contributed by atoms with E-state index in [1.165, 1.54) is 41.8 Å². The molecule has 1 amide bonds. The third-order valence-corrected chi connectivity index (χ3v) is 6.03. The summed E-state index contributed by atoms with van der Waals surface area (Å²) < 4.78 is 21.1. The largest absolute Gasteiger partial charge is 0.462 e. The molecule has 0 spiro atoms. The van der Waals surface area contributed by atoms with Crippen LogP contribution in [0, 0.1) is 12.7 Å². The first kappa shape index (κ1) is 23.1. The number of carbonyl (C=O) groups excluding carboxylic acids is 2. The zero-order valence-electron chi connectivity index (χ0n) is 18.3. The molecule has 0 aliphatic carbocycles. The Balaban J connectivity index is 1.67. The molecule has 0 radical (unpaired) electrons. The number of aryl methyl sites for hydroxylation is 1. The van der Waals surface area contributed by atoms with E-state index in [0.717, 1.165) is 15.9 Å². The van der Waals surface area contributed by atoms with Crippen molar-refractivity contribution in [2.45, 2.75) is 20.4 Å². The number of aromatic nitrogens is 2. The van der Waals surface area contributed by atoms with Crippen molar-refractivity contribution in [3.05, 3.63) is 91.7 Å². The number of benzene rings is 2. The van der Waals surface area contributed by atoms with E-state index in [1.54, 1.807) is 30.5 Å². The Hall–Kier alpha value is -4.05. The number of carbonyl (C=O) groups is 2. The Bertz CT molecular complexity index is 1520. The SMILES string of the molecule is CCOC(=O)c1ccc(NC(=O)Cn2c(=O)n(-c3ccc(F)c(C)c3)c(=O)c3sccc32)cc1. The summed E-state index contributed by atoms with van der Waals surface area (Å²) >= 11 is 1.15. The van der Waals surface area contributed by atoms with Crippen LogP contribution in [0.15, 0.2) is 63.5 Å². The molecule has 0 saturated heterocycles. The van der Waals surface area contributed by atoms with Gasteiger partial charge in [-0.15, -0.1) is 11.3 Å². The van der Waals surface area contributed by atoms with Crippen LogP contribution in [-0.2, 0) is 16.1 Å². The Labute approximate surface area is 196 Å².